The van der Waals surface area contributed by atoms with Gasteiger partial charge in [0, 0.05) is 23.1 Å². The molecule has 0 aliphatic heterocycles. The van der Waals surface area contributed by atoms with Crippen LogP contribution < -0.4 is 11.1 Å². The molecule has 0 radical (unpaired) electrons. The standard InChI is InChI=1S/C20H17N5O/c1-11-6-15(11)20(26)25-18-8-13-7-17(24-19(22)16(13)10-23-18)14-5-3-2-4-12(14)9-21/h2-5,7-8,10-11,15H,6H2,1H3,(H2,22,24)(H,23,25,26)/t11-,15-/m0/s1. The number of rotatable bonds is 3. The van der Waals surface area contributed by atoms with Crippen molar-refractivity contribution in [1.29, 1.82) is 5.26 Å². The molecule has 3 aromatic rings. The molecule has 1 saturated carbocycles. The number of pyridine rings is 2. The molecule has 1 aliphatic rings. The minimum absolute atomic E-state index is 0.00132. The maximum atomic E-state index is 12.1. The first kappa shape index (κ1) is 16.0. The second-order valence-corrected chi connectivity index (χ2v) is 6.65. The zero-order chi connectivity index (χ0) is 18.3. The van der Waals surface area contributed by atoms with Crippen LogP contribution in [0.4, 0.5) is 11.6 Å². The number of amides is 1. The van der Waals surface area contributed by atoms with Gasteiger partial charge in [0.15, 0.2) is 0 Å². The Balaban J connectivity index is 1.75. The van der Waals surface area contributed by atoms with Crippen LogP contribution in [0.1, 0.15) is 18.9 Å². The average Bonchev–Trinajstić information content (AvgIpc) is 3.38. The van der Waals surface area contributed by atoms with Crippen molar-refractivity contribution in [3.8, 4) is 17.3 Å². The van der Waals surface area contributed by atoms with Gasteiger partial charge >= 0.3 is 0 Å². The molecule has 0 bridgehead atoms. The van der Waals surface area contributed by atoms with Gasteiger partial charge in [-0.15, -0.1) is 0 Å². The monoisotopic (exact) mass is 343 g/mol. The maximum Gasteiger partial charge on any atom is 0.228 e. The lowest BCUT2D eigenvalue weighted by Crippen LogP contribution is -2.15. The van der Waals surface area contributed by atoms with Crippen molar-refractivity contribution in [1.82, 2.24) is 9.97 Å². The van der Waals surface area contributed by atoms with E-state index in [2.05, 4.69) is 28.3 Å². The van der Waals surface area contributed by atoms with Crippen LogP contribution in [-0.4, -0.2) is 15.9 Å². The molecule has 1 amide bonds. The third kappa shape index (κ3) is 2.84. The second kappa shape index (κ2) is 6.12. The minimum atomic E-state index is 0.00132. The number of nitrogen functional groups attached to an aromatic ring is 1. The van der Waals surface area contributed by atoms with Gasteiger partial charge in [0.2, 0.25) is 5.91 Å². The number of aromatic nitrogens is 2. The number of nitrogens with two attached hydrogens (primary N) is 1. The largest absolute Gasteiger partial charge is 0.383 e. The molecular weight excluding hydrogens is 326 g/mol. The lowest BCUT2D eigenvalue weighted by molar-refractivity contribution is -0.117. The molecule has 0 saturated heterocycles. The minimum Gasteiger partial charge on any atom is -0.383 e. The van der Waals surface area contributed by atoms with E-state index in [1.807, 2.05) is 24.3 Å². The molecule has 26 heavy (non-hydrogen) atoms. The Kier molecular flexibility index (Phi) is 3.77. The topological polar surface area (TPSA) is 105 Å². The van der Waals surface area contributed by atoms with Crippen LogP contribution in [0.2, 0.25) is 0 Å². The molecule has 4 rings (SSSR count). The van der Waals surface area contributed by atoms with Gasteiger partial charge in [-0.3, -0.25) is 4.79 Å². The summed E-state index contributed by atoms with van der Waals surface area (Å²) in [6.45, 7) is 2.06. The first-order valence-electron chi connectivity index (χ1n) is 8.43. The highest BCUT2D eigenvalue weighted by Crippen LogP contribution is 2.38. The number of hydrogen-bond acceptors (Lipinski definition) is 5. The lowest BCUT2D eigenvalue weighted by atomic mass is 10.0. The molecule has 6 heteroatoms. The smallest absolute Gasteiger partial charge is 0.228 e. The predicted molar refractivity (Wildman–Crippen MR) is 100 cm³/mol. The van der Waals surface area contributed by atoms with Crippen molar-refractivity contribution in [3.63, 3.8) is 0 Å². The van der Waals surface area contributed by atoms with E-state index < -0.39 is 0 Å². The van der Waals surface area contributed by atoms with Gasteiger partial charge in [-0.1, -0.05) is 25.1 Å². The molecule has 2 heterocycles. The summed E-state index contributed by atoms with van der Waals surface area (Å²) in [7, 11) is 0. The number of benzene rings is 1. The Hall–Kier alpha value is -3.46. The first-order valence-corrected chi connectivity index (χ1v) is 8.43. The third-order valence-corrected chi connectivity index (χ3v) is 4.77. The second-order valence-electron chi connectivity index (χ2n) is 6.65. The average molecular weight is 343 g/mol. The van der Waals surface area contributed by atoms with E-state index in [0.717, 1.165) is 17.4 Å². The molecule has 2 aromatic heterocycles. The van der Waals surface area contributed by atoms with E-state index in [1.165, 1.54) is 0 Å². The van der Waals surface area contributed by atoms with Crippen molar-refractivity contribution >= 4 is 28.3 Å². The van der Waals surface area contributed by atoms with Crippen LogP contribution in [-0.2, 0) is 4.79 Å². The van der Waals surface area contributed by atoms with Crippen molar-refractivity contribution in [3.05, 3.63) is 48.2 Å². The van der Waals surface area contributed by atoms with E-state index in [-0.39, 0.29) is 11.8 Å². The number of fused-ring (bicyclic) bond motifs is 1. The fourth-order valence-corrected chi connectivity index (χ4v) is 3.09. The highest BCUT2D eigenvalue weighted by molar-refractivity contribution is 5.98. The van der Waals surface area contributed by atoms with Crippen LogP contribution >= 0.6 is 0 Å². The normalized spacial score (nSPS) is 18.3. The van der Waals surface area contributed by atoms with Gasteiger partial charge in [0.1, 0.15) is 11.6 Å². The van der Waals surface area contributed by atoms with Crippen molar-refractivity contribution in [2.45, 2.75) is 13.3 Å². The van der Waals surface area contributed by atoms with Crippen LogP contribution in [0.25, 0.3) is 22.0 Å². The molecule has 1 aliphatic carbocycles. The Labute approximate surface area is 150 Å². The first-order chi connectivity index (χ1) is 12.6. The Morgan fingerprint density at radius 3 is 2.85 bits per heavy atom. The fourth-order valence-electron chi connectivity index (χ4n) is 3.09. The van der Waals surface area contributed by atoms with E-state index in [9.17, 15) is 10.1 Å². The van der Waals surface area contributed by atoms with E-state index in [1.54, 1.807) is 18.3 Å². The van der Waals surface area contributed by atoms with E-state index in [4.69, 9.17) is 5.73 Å². The van der Waals surface area contributed by atoms with Crippen molar-refractivity contribution in [2.24, 2.45) is 11.8 Å². The summed E-state index contributed by atoms with van der Waals surface area (Å²) in [5.41, 5.74) is 7.96. The highest BCUT2D eigenvalue weighted by atomic mass is 16.2. The Morgan fingerprint density at radius 1 is 1.35 bits per heavy atom. The van der Waals surface area contributed by atoms with Gasteiger partial charge in [-0.05, 0) is 35.9 Å². The van der Waals surface area contributed by atoms with Gasteiger partial charge < -0.3 is 11.1 Å². The summed E-state index contributed by atoms with van der Waals surface area (Å²) in [6.07, 6.45) is 2.54. The number of anilines is 2. The number of hydrogen-bond donors (Lipinski definition) is 2. The quantitative estimate of drug-likeness (QED) is 0.759. The number of nitriles is 1. The van der Waals surface area contributed by atoms with Crippen LogP contribution in [0.15, 0.2) is 42.6 Å². The van der Waals surface area contributed by atoms with Crippen molar-refractivity contribution in [2.75, 3.05) is 11.1 Å². The molecule has 2 atom stereocenters. The SMILES string of the molecule is C[C@H]1C[C@@H]1C(=O)Nc1cc2cc(-c3ccccc3C#N)nc(N)c2cn1. The van der Waals surface area contributed by atoms with Gasteiger partial charge in [0.25, 0.3) is 0 Å². The Morgan fingerprint density at radius 2 is 2.12 bits per heavy atom. The molecule has 1 aromatic carbocycles. The fraction of sp³-hybridized carbons (Fsp3) is 0.200. The summed E-state index contributed by atoms with van der Waals surface area (Å²) in [5, 5.41) is 13.7. The van der Waals surface area contributed by atoms with Gasteiger partial charge in [-0.25, -0.2) is 9.97 Å². The molecule has 1 fully saturated rings. The molecule has 0 spiro atoms. The molecule has 6 nitrogen and oxygen atoms in total. The van der Waals surface area contributed by atoms with Gasteiger partial charge in [0.05, 0.1) is 17.3 Å². The molecule has 0 unspecified atom stereocenters. The summed E-state index contributed by atoms with van der Waals surface area (Å²) in [6, 6.07) is 13.1. The lowest BCUT2D eigenvalue weighted by Gasteiger charge is -2.09. The molecule has 3 N–H and O–H groups in total. The maximum absolute atomic E-state index is 12.1. The van der Waals surface area contributed by atoms with Crippen LogP contribution in [0.5, 0.6) is 0 Å². The summed E-state index contributed by atoms with van der Waals surface area (Å²) >= 11 is 0. The predicted octanol–water partition coefficient (Wildman–Crippen LogP) is 3.35. The Bertz CT molecular complexity index is 1070. The zero-order valence-electron chi connectivity index (χ0n) is 14.2. The van der Waals surface area contributed by atoms with Crippen LogP contribution in [0, 0.1) is 23.2 Å². The third-order valence-electron chi connectivity index (χ3n) is 4.77. The number of nitrogens with one attached hydrogen (secondary N) is 1. The van der Waals surface area contributed by atoms with E-state index in [0.29, 0.717) is 34.2 Å². The van der Waals surface area contributed by atoms with Crippen molar-refractivity contribution < 1.29 is 4.79 Å². The van der Waals surface area contributed by atoms with E-state index >= 15 is 0 Å². The summed E-state index contributed by atoms with van der Waals surface area (Å²) < 4.78 is 0. The number of carbonyl (C=O) groups is 1. The molecule has 128 valence electrons. The van der Waals surface area contributed by atoms with Crippen LogP contribution in [0.3, 0.4) is 0 Å². The zero-order valence-corrected chi connectivity index (χ0v) is 14.2. The van der Waals surface area contributed by atoms with Gasteiger partial charge in [-0.2, -0.15) is 5.26 Å². The highest BCUT2D eigenvalue weighted by Gasteiger charge is 2.39. The number of carbonyl (C=O) groups excluding carboxylic acids is 1. The summed E-state index contributed by atoms with van der Waals surface area (Å²) in [4.78, 5) is 20.8. The molecular formula is C20H17N5O. The number of nitrogens with zero attached hydrogens (tertiary/aromatic N) is 3. The summed E-state index contributed by atoms with van der Waals surface area (Å²) in [5.74, 6) is 1.34.